The minimum atomic E-state index is 0.00176. The third-order valence-corrected chi connectivity index (χ3v) is 3.41. The van der Waals surface area contributed by atoms with Crippen molar-refractivity contribution in [3.05, 3.63) is 30.3 Å². The largest absolute Gasteiger partial charge is 0.497 e. The summed E-state index contributed by atoms with van der Waals surface area (Å²) in [5.74, 6) is 0.732. The van der Waals surface area contributed by atoms with E-state index in [0.29, 0.717) is 5.69 Å². The lowest BCUT2D eigenvalue weighted by Crippen LogP contribution is -2.05. The van der Waals surface area contributed by atoms with Gasteiger partial charge in [0, 0.05) is 23.4 Å². The summed E-state index contributed by atoms with van der Waals surface area (Å²) in [6, 6.07) is 5.42. The van der Waals surface area contributed by atoms with Crippen LogP contribution < -0.4 is 10.5 Å². The Morgan fingerprint density at radius 3 is 2.71 bits per heavy atom. The standard InChI is InChI=1S/C13H17NO2S/c1-8(9(2)17-10(3)15)12-7-11(16-4)5-6-13(12)14/h5-7,9H,1,14H2,2-4H3. The molecule has 0 bridgehead atoms. The molecule has 1 aromatic rings. The number of anilines is 1. The molecule has 3 nitrogen and oxygen atoms in total. The van der Waals surface area contributed by atoms with Gasteiger partial charge < -0.3 is 10.5 Å². The molecule has 1 rings (SSSR count). The van der Waals surface area contributed by atoms with Gasteiger partial charge in [-0.15, -0.1) is 0 Å². The van der Waals surface area contributed by atoms with Crippen molar-refractivity contribution >= 4 is 28.1 Å². The van der Waals surface area contributed by atoms with Crippen LogP contribution in [-0.2, 0) is 4.79 Å². The summed E-state index contributed by atoms with van der Waals surface area (Å²) in [7, 11) is 1.60. The zero-order chi connectivity index (χ0) is 13.0. The molecule has 2 N–H and O–H groups in total. The first-order valence-corrected chi connectivity index (χ1v) is 6.13. The molecule has 0 amide bonds. The molecular weight excluding hydrogens is 234 g/mol. The second-order valence-electron chi connectivity index (χ2n) is 3.73. The van der Waals surface area contributed by atoms with Crippen molar-refractivity contribution in [1.29, 1.82) is 0 Å². The van der Waals surface area contributed by atoms with Crippen LogP contribution in [0.3, 0.4) is 0 Å². The predicted molar refractivity (Wildman–Crippen MR) is 74.2 cm³/mol. The van der Waals surface area contributed by atoms with Crippen molar-refractivity contribution < 1.29 is 9.53 Å². The van der Waals surface area contributed by atoms with Crippen LogP contribution in [0.25, 0.3) is 5.57 Å². The Bertz CT molecular complexity index is 443. The summed E-state index contributed by atoms with van der Waals surface area (Å²) in [4.78, 5) is 11.1. The Hall–Kier alpha value is -1.42. The van der Waals surface area contributed by atoms with Gasteiger partial charge in [-0.25, -0.2) is 0 Å². The average molecular weight is 251 g/mol. The van der Waals surface area contributed by atoms with Gasteiger partial charge in [0.15, 0.2) is 5.12 Å². The summed E-state index contributed by atoms with van der Waals surface area (Å²) < 4.78 is 5.15. The number of hydrogen-bond acceptors (Lipinski definition) is 4. The maximum Gasteiger partial charge on any atom is 0.186 e. The number of nitrogens with two attached hydrogens (primary N) is 1. The third-order valence-electron chi connectivity index (χ3n) is 2.44. The van der Waals surface area contributed by atoms with E-state index in [1.165, 1.54) is 11.8 Å². The summed E-state index contributed by atoms with van der Waals surface area (Å²) in [6.07, 6.45) is 0. The Morgan fingerprint density at radius 2 is 2.18 bits per heavy atom. The molecule has 0 heterocycles. The van der Waals surface area contributed by atoms with Crippen molar-refractivity contribution in [2.45, 2.75) is 19.1 Å². The van der Waals surface area contributed by atoms with E-state index in [4.69, 9.17) is 10.5 Å². The monoisotopic (exact) mass is 251 g/mol. The summed E-state index contributed by atoms with van der Waals surface area (Å²) >= 11 is 1.24. The molecule has 0 spiro atoms. The summed E-state index contributed by atoms with van der Waals surface area (Å²) in [5.41, 5.74) is 8.22. The molecule has 0 saturated heterocycles. The number of carbonyl (C=O) groups is 1. The van der Waals surface area contributed by atoms with Gasteiger partial charge in [0.2, 0.25) is 0 Å². The zero-order valence-corrected chi connectivity index (χ0v) is 11.1. The maximum atomic E-state index is 11.1. The molecule has 0 aromatic heterocycles. The van der Waals surface area contributed by atoms with Crippen molar-refractivity contribution in [3.63, 3.8) is 0 Å². The number of methoxy groups -OCH3 is 1. The van der Waals surface area contributed by atoms with Crippen molar-refractivity contribution in [1.82, 2.24) is 0 Å². The quantitative estimate of drug-likeness (QED) is 0.836. The number of rotatable bonds is 4. The summed E-state index contributed by atoms with van der Waals surface area (Å²) in [6.45, 7) is 7.49. The fraction of sp³-hybridized carbons (Fsp3) is 0.308. The van der Waals surface area contributed by atoms with Gasteiger partial charge in [0.25, 0.3) is 0 Å². The van der Waals surface area contributed by atoms with Crippen LogP contribution in [0.15, 0.2) is 24.8 Å². The van der Waals surface area contributed by atoms with Crippen LogP contribution >= 0.6 is 11.8 Å². The van der Waals surface area contributed by atoms with E-state index in [1.807, 2.05) is 13.0 Å². The van der Waals surface area contributed by atoms with E-state index in [-0.39, 0.29) is 10.4 Å². The highest BCUT2D eigenvalue weighted by Crippen LogP contribution is 2.32. The Morgan fingerprint density at radius 1 is 1.53 bits per heavy atom. The van der Waals surface area contributed by atoms with E-state index in [2.05, 4.69) is 6.58 Å². The van der Waals surface area contributed by atoms with Gasteiger partial charge in [-0.1, -0.05) is 18.3 Å². The molecule has 92 valence electrons. The second-order valence-corrected chi connectivity index (χ2v) is 5.25. The molecular formula is C13H17NO2S. The van der Waals surface area contributed by atoms with E-state index in [9.17, 15) is 4.79 Å². The fourth-order valence-electron chi connectivity index (χ4n) is 1.48. The van der Waals surface area contributed by atoms with Crippen molar-refractivity contribution in [2.75, 3.05) is 12.8 Å². The lowest BCUT2D eigenvalue weighted by molar-refractivity contribution is -0.109. The maximum absolute atomic E-state index is 11.1. The molecule has 0 aliphatic heterocycles. The topological polar surface area (TPSA) is 52.3 Å². The van der Waals surface area contributed by atoms with Crippen LogP contribution in [0.4, 0.5) is 5.69 Å². The molecule has 4 heteroatoms. The second kappa shape index (κ2) is 5.77. The third kappa shape index (κ3) is 3.53. The molecule has 0 saturated carbocycles. The molecule has 0 radical (unpaired) electrons. The smallest absolute Gasteiger partial charge is 0.186 e. The Balaban J connectivity index is 2.98. The fourth-order valence-corrected chi connectivity index (χ4v) is 2.25. The minimum Gasteiger partial charge on any atom is -0.497 e. The molecule has 1 atom stereocenters. The van der Waals surface area contributed by atoms with E-state index < -0.39 is 0 Å². The van der Waals surface area contributed by atoms with Crippen LogP contribution in [-0.4, -0.2) is 17.5 Å². The highest BCUT2D eigenvalue weighted by molar-refractivity contribution is 8.14. The number of benzene rings is 1. The minimum absolute atomic E-state index is 0.00176. The molecule has 17 heavy (non-hydrogen) atoms. The van der Waals surface area contributed by atoms with Gasteiger partial charge in [-0.05, 0) is 30.7 Å². The first-order valence-electron chi connectivity index (χ1n) is 5.25. The van der Waals surface area contributed by atoms with Gasteiger partial charge >= 0.3 is 0 Å². The normalized spacial score (nSPS) is 11.9. The van der Waals surface area contributed by atoms with Crippen LogP contribution in [0.5, 0.6) is 5.75 Å². The predicted octanol–water partition coefficient (Wildman–Crippen LogP) is 2.96. The molecule has 1 unspecified atom stereocenters. The van der Waals surface area contributed by atoms with Gasteiger partial charge in [-0.3, -0.25) is 4.79 Å². The van der Waals surface area contributed by atoms with Crippen molar-refractivity contribution in [3.8, 4) is 5.75 Å². The first-order chi connectivity index (χ1) is 7.95. The number of nitrogen functional groups attached to an aromatic ring is 1. The highest BCUT2D eigenvalue weighted by atomic mass is 32.2. The van der Waals surface area contributed by atoms with Crippen LogP contribution in [0, 0.1) is 0 Å². The number of ether oxygens (including phenoxy) is 1. The Kier molecular flexibility index (Phi) is 4.63. The highest BCUT2D eigenvalue weighted by Gasteiger charge is 2.14. The number of thioether (sulfide) groups is 1. The SMILES string of the molecule is C=C(c1cc(OC)ccc1N)C(C)SC(C)=O. The van der Waals surface area contributed by atoms with E-state index >= 15 is 0 Å². The number of hydrogen-bond donors (Lipinski definition) is 1. The lowest BCUT2D eigenvalue weighted by atomic mass is 10.0. The van der Waals surface area contributed by atoms with Gasteiger partial charge in [0.05, 0.1) is 7.11 Å². The molecule has 0 aliphatic carbocycles. The average Bonchev–Trinajstić information content (AvgIpc) is 2.28. The first kappa shape index (κ1) is 13.6. The van der Waals surface area contributed by atoms with Crippen LogP contribution in [0.1, 0.15) is 19.4 Å². The molecule has 0 fully saturated rings. The zero-order valence-electron chi connectivity index (χ0n) is 10.3. The van der Waals surface area contributed by atoms with Gasteiger partial charge in [0.1, 0.15) is 5.75 Å². The molecule has 1 aromatic carbocycles. The van der Waals surface area contributed by atoms with Crippen molar-refractivity contribution in [2.24, 2.45) is 0 Å². The Labute approximate surface area is 106 Å². The number of carbonyl (C=O) groups excluding carboxylic acids is 1. The van der Waals surface area contributed by atoms with Crippen LogP contribution in [0.2, 0.25) is 0 Å². The lowest BCUT2D eigenvalue weighted by Gasteiger charge is -2.15. The van der Waals surface area contributed by atoms with E-state index in [0.717, 1.165) is 16.9 Å². The van der Waals surface area contributed by atoms with Gasteiger partial charge in [-0.2, -0.15) is 0 Å². The van der Waals surface area contributed by atoms with E-state index in [1.54, 1.807) is 26.2 Å². The summed E-state index contributed by atoms with van der Waals surface area (Å²) in [5, 5.41) is 0.0713. The molecule has 0 aliphatic rings.